The Kier molecular flexibility index (Phi) is 3.79. The van der Waals surface area contributed by atoms with Crippen LogP contribution in [0.25, 0.3) is 0 Å². The molecule has 2 atom stereocenters. The highest BCUT2D eigenvalue weighted by Gasteiger charge is 2.22. The van der Waals surface area contributed by atoms with Crippen molar-refractivity contribution in [1.82, 2.24) is 4.98 Å². The van der Waals surface area contributed by atoms with Gasteiger partial charge < -0.3 is 11.1 Å². The van der Waals surface area contributed by atoms with E-state index in [1.807, 2.05) is 13.8 Å². The number of hydrogen-bond donors (Lipinski definition) is 2. The maximum atomic E-state index is 11.9. The summed E-state index contributed by atoms with van der Waals surface area (Å²) in [6.45, 7) is 4.03. The summed E-state index contributed by atoms with van der Waals surface area (Å²) < 4.78 is 0. The van der Waals surface area contributed by atoms with E-state index in [0.29, 0.717) is 5.13 Å². The molecule has 0 saturated carbocycles. The Morgan fingerprint density at radius 1 is 1.59 bits per heavy atom. The maximum Gasteiger partial charge on any atom is 0.243 e. The molecule has 0 fully saturated rings. The SMILES string of the molecule is CCC(C)C(N)C(=O)Nc1nc2c(s1)CCC2. The number of aryl methyl sites for hydroxylation is 2. The highest BCUT2D eigenvalue weighted by atomic mass is 32.1. The average Bonchev–Trinajstić information content (AvgIpc) is 2.87. The molecule has 1 aromatic heterocycles. The molecule has 2 rings (SSSR count). The number of anilines is 1. The van der Waals surface area contributed by atoms with Crippen molar-refractivity contribution < 1.29 is 4.79 Å². The van der Waals surface area contributed by atoms with Crippen molar-refractivity contribution in [3.05, 3.63) is 10.6 Å². The van der Waals surface area contributed by atoms with Crippen molar-refractivity contribution in [3.8, 4) is 0 Å². The number of nitrogens with zero attached hydrogens (tertiary/aromatic N) is 1. The van der Waals surface area contributed by atoms with E-state index < -0.39 is 6.04 Å². The second-order valence-corrected chi connectivity index (χ2v) is 5.73. The summed E-state index contributed by atoms with van der Waals surface area (Å²) in [5.74, 6) is 0.0774. The molecule has 1 amide bonds. The second kappa shape index (κ2) is 5.14. The molecular weight excluding hydrogens is 234 g/mol. The van der Waals surface area contributed by atoms with Crippen LogP contribution in [0.15, 0.2) is 0 Å². The summed E-state index contributed by atoms with van der Waals surface area (Å²) >= 11 is 1.59. The van der Waals surface area contributed by atoms with Crippen LogP contribution in [0.5, 0.6) is 0 Å². The molecule has 1 aliphatic carbocycles. The lowest BCUT2D eigenvalue weighted by molar-refractivity contribution is -0.118. The number of hydrogen-bond acceptors (Lipinski definition) is 4. The number of fused-ring (bicyclic) bond motifs is 1. The number of carbonyl (C=O) groups excluding carboxylic acids is 1. The smallest absolute Gasteiger partial charge is 0.243 e. The van der Waals surface area contributed by atoms with Gasteiger partial charge in [0, 0.05) is 4.88 Å². The van der Waals surface area contributed by atoms with E-state index in [1.165, 1.54) is 11.3 Å². The molecule has 3 N–H and O–H groups in total. The molecule has 0 spiro atoms. The summed E-state index contributed by atoms with van der Waals surface area (Å²) in [7, 11) is 0. The Bertz CT molecular complexity index is 394. The zero-order chi connectivity index (χ0) is 12.4. The first kappa shape index (κ1) is 12.5. The van der Waals surface area contributed by atoms with E-state index in [2.05, 4.69) is 10.3 Å². The molecule has 0 bridgehead atoms. The lowest BCUT2D eigenvalue weighted by atomic mass is 10.00. The molecular formula is C12H19N3OS. The molecule has 1 aromatic rings. The average molecular weight is 253 g/mol. The second-order valence-electron chi connectivity index (χ2n) is 4.64. The lowest BCUT2D eigenvalue weighted by Gasteiger charge is -2.16. The lowest BCUT2D eigenvalue weighted by Crippen LogP contribution is -2.40. The standard InChI is InChI=1S/C12H19N3OS/c1-3-7(2)10(13)11(16)15-12-14-8-5-4-6-9(8)17-12/h7,10H,3-6,13H2,1-2H3,(H,14,15,16). The van der Waals surface area contributed by atoms with Gasteiger partial charge in [0.2, 0.25) is 5.91 Å². The van der Waals surface area contributed by atoms with Crippen molar-refractivity contribution in [1.29, 1.82) is 0 Å². The number of amides is 1. The van der Waals surface area contributed by atoms with E-state index >= 15 is 0 Å². The van der Waals surface area contributed by atoms with Crippen LogP contribution in [0.4, 0.5) is 5.13 Å². The fourth-order valence-electron chi connectivity index (χ4n) is 1.94. The molecule has 0 aromatic carbocycles. The van der Waals surface area contributed by atoms with Gasteiger partial charge in [0.1, 0.15) is 0 Å². The summed E-state index contributed by atoms with van der Waals surface area (Å²) in [6, 6.07) is -0.446. The van der Waals surface area contributed by atoms with Crippen LogP contribution in [0, 0.1) is 5.92 Å². The predicted molar refractivity (Wildman–Crippen MR) is 70.2 cm³/mol. The Morgan fingerprint density at radius 3 is 3.00 bits per heavy atom. The van der Waals surface area contributed by atoms with Gasteiger partial charge >= 0.3 is 0 Å². The molecule has 2 unspecified atom stereocenters. The summed E-state index contributed by atoms with van der Waals surface area (Å²) in [5.41, 5.74) is 7.03. The van der Waals surface area contributed by atoms with Gasteiger partial charge in [0.15, 0.2) is 5.13 Å². The van der Waals surface area contributed by atoms with Crippen molar-refractivity contribution in [2.24, 2.45) is 11.7 Å². The van der Waals surface area contributed by atoms with E-state index in [0.717, 1.165) is 25.0 Å². The molecule has 17 heavy (non-hydrogen) atoms. The largest absolute Gasteiger partial charge is 0.320 e. The first-order valence-corrected chi connectivity index (χ1v) is 6.98. The van der Waals surface area contributed by atoms with Crippen LogP contribution in [0.3, 0.4) is 0 Å². The zero-order valence-corrected chi connectivity index (χ0v) is 11.1. The molecule has 0 saturated heterocycles. The van der Waals surface area contributed by atoms with Crippen LogP contribution in [-0.4, -0.2) is 16.9 Å². The predicted octanol–water partition coefficient (Wildman–Crippen LogP) is 1.94. The molecule has 4 nitrogen and oxygen atoms in total. The van der Waals surface area contributed by atoms with Crippen LogP contribution in [0.1, 0.15) is 37.3 Å². The van der Waals surface area contributed by atoms with Crippen molar-refractivity contribution in [3.63, 3.8) is 0 Å². The Labute approximate surface area is 106 Å². The Hall–Kier alpha value is -0.940. The first-order chi connectivity index (χ1) is 8.11. The van der Waals surface area contributed by atoms with Crippen LogP contribution >= 0.6 is 11.3 Å². The molecule has 0 radical (unpaired) electrons. The molecule has 1 aliphatic rings. The quantitative estimate of drug-likeness (QED) is 0.861. The third-order valence-corrected chi connectivity index (χ3v) is 4.46. The number of nitrogens with one attached hydrogen (secondary N) is 1. The Morgan fingerprint density at radius 2 is 2.35 bits per heavy atom. The molecule has 94 valence electrons. The van der Waals surface area contributed by atoms with Crippen LogP contribution in [0.2, 0.25) is 0 Å². The van der Waals surface area contributed by atoms with E-state index in [4.69, 9.17) is 5.73 Å². The molecule has 5 heteroatoms. The van der Waals surface area contributed by atoms with Gasteiger partial charge in [-0.2, -0.15) is 0 Å². The van der Waals surface area contributed by atoms with Gasteiger partial charge in [-0.3, -0.25) is 4.79 Å². The normalized spacial score (nSPS) is 17.6. The minimum absolute atomic E-state index is 0.119. The topological polar surface area (TPSA) is 68.0 Å². The van der Waals surface area contributed by atoms with Crippen molar-refractivity contribution in [2.45, 2.75) is 45.6 Å². The van der Waals surface area contributed by atoms with Gasteiger partial charge in [-0.05, 0) is 25.2 Å². The number of thiazole rings is 1. The van der Waals surface area contributed by atoms with Crippen LogP contribution < -0.4 is 11.1 Å². The summed E-state index contributed by atoms with van der Waals surface area (Å²) in [4.78, 5) is 17.6. The highest BCUT2D eigenvalue weighted by molar-refractivity contribution is 7.15. The minimum Gasteiger partial charge on any atom is -0.320 e. The van der Waals surface area contributed by atoms with Crippen molar-refractivity contribution >= 4 is 22.4 Å². The fourth-order valence-corrected chi connectivity index (χ4v) is 3.00. The summed E-state index contributed by atoms with van der Waals surface area (Å²) in [5, 5.41) is 3.54. The first-order valence-electron chi connectivity index (χ1n) is 6.16. The molecule has 1 heterocycles. The third kappa shape index (κ3) is 2.66. The minimum atomic E-state index is -0.446. The number of carbonyl (C=O) groups is 1. The van der Waals surface area contributed by atoms with Crippen LogP contribution in [-0.2, 0) is 17.6 Å². The number of rotatable bonds is 4. The number of aromatic nitrogens is 1. The van der Waals surface area contributed by atoms with Gasteiger partial charge in [0.25, 0.3) is 0 Å². The number of nitrogens with two attached hydrogens (primary N) is 1. The maximum absolute atomic E-state index is 11.9. The van der Waals surface area contributed by atoms with Gasteiger partial charge in [-0.25, -0.2) is 4.98 Å². The molecule has 0 aliphatic heterocycles. The third-order valence-electron chi connectivity index (χ3n) is 3.39. The van der Waals surface area contributed by atoms with E-state index in [9.17, 15) is 4.79 Å². The zero-order valence-electron chi connectivity index (χ0n) is 10.3. The van der Waals surface area contributed by atoms with E-state index in [1.54, 1.807) is 11.3 Å². The van der Waals surface area contributed by atoms with E-state index in [-0.39, 0.29) is 11.8 Å². The van der Waals surface area contributed by atoms with Gasteiger partial charge in [0.05, 0.1) is 11.7 Å². The highest BCUT2D eigenvalue weighted by Crippen LogP contribution is 2.30. The van der Waals surface area contributed by atoms with Crippen molar-refractivity contribution in [2.75, 3.05) is 5.32 Å². The monoisotopic (exact) mass is 253 g/mol. The fraction of sp³-hybridized carbons (Fsp3) is 0.667. The van der Waals surface area contributed by atoms with Gasteiger partial charge in [-0.15, -0.1) is 11.3 Å². The summed E-state index contributed by atoms with van der Waals surface area (Å²) in [6.07, 6.45) is 4.23. The Balaban J connectivity index is 1.98. The van der Waals surface area contributed by atoms with Gasteiger partial charge in [-0.1, -0.05) is 20.3 Å².